The third-order valence-electron chi connectivity index (χ3n) is 3.96. The smallest absolute Gasteiger partial charge is 0.0948 e. The van der Waals surface area contributed by atoms with Gasteiger partial charge in [0.15, 0.2) is 0 Å². The van der Waals surface area contributed by atoms with Crippen LogP contribution in [0.2, 0.25) is 5.02 Å². The molecular weight excluding hydrogens is 274 g/mol. The summed E-state index contributed by atoms with van der Waals surface area (Å²) >= 11 is 6.23. The summed E-state index contributed by atoms with van der Waals surface area (Å²) in [5.41, 5.74) is 7.75. The maximum atomic E-state index is 6.23. The van der Waals surface area contributed by atoms with Crippen LogP contribution in [0.15, 0.2) is 30.5 Å². The Kier molecular flexibility index (Phi) is 3.78. The Balaban J connectivity index is 2.00. The number of anilines is 1. The average Bonchev–Trinajstić information content (AvgIpc) is 2.51. The average molecular weight is 292 g/mol. The van der Waals surface area contributed by atoms with E-state index < -0.39 is 0 Å². The lowest BCUT2D eigenvalue weighted by atomic mass is 9.89. The molecule has 3 N–H and O–H groups in total. The minimum absolute atomic E-state index is 0.115. The molecule has 0 unspecified atom stereocenters. The first-order valence-corrected chi connectivity index (χ1v) is 7.21. The number of fused-ring (bicyclic) bond motifs is 1. The molecule has 1 saturated heterocycles. The fourth-order valence-corrected chi connectivity index (χ4v) is 2.88. The van der Waals surface area contributed by atoms with Crippen LogP contribution in [0.1, 0.15) is 12.8 Å². The molecule has 1 aromatic carbocycles. The van der Waals surface area contributed by atoms with Crippen LogP contribution in [-0.2, 0) is 4.74 Å². The first-order chi connectivity index (χ1) is 9.74. The van der Waals surface area contributed by atoms with Crippen LogP contribution < -0.4 is 11.1 Å². The second-order valence-corrected chi connectivity index (χ2v) is 5.62. The van der Waals surface area contributed by atoms with E-state index in [1.54, 1.807) is 6.20 Å². The predicted octanol–water partition coefficient (Wildman–Crippen LogP) is 2.81. The van der Waals surface area contributed by atoms with Crippen molar-refractivity contribution >= 4 is 28.2 Å². The molecule has 2 heterocycles. The van der Waals surface area contributed by atoms with Crippen molar-refractivity contribution in [2.75, 3.05) is 25.1 Å². The fourth-order valence-electron chi connectivity index (χ4n) is 2.67. The number of aromatic nitrogens is 1. The zero-order valence-electron chi connectivity index (χ0n) is 11.2. The van der Waals surface area contributed by atoms with Gasteiger partial charge in [0, 0.05) is 31.3 Å². The summed E-state index contributed by atoms with van der Waals surface area (Å²) < 4.78 is 5.44. The van der Waals surface area contributed by atoms with E-state index in [0.717, 1.165) is 42.6 Å². The Morgan fingerprint density at radius 3 is 2.85 bits per heavy atom. The lowest BCUT2D eigenvalue weighted by Crippen LogP contribution is -2.49. The molecule has 1 aliphatic rings. The van der Waals surface area contributed by atoms with E-state index in [1.807, 2.05) is 24.3 Å². The van der Waals surface area contributed by atoms with Gasteiger partial charge in [-0.05, 0) is 37.1 Å². The molecular formula is C15H18ClN3O. The second kappa shape index (κ2) is 5.56. The SMILES string of the molecule is NCC1(Nc2ccc(Cl)c3cccnc23)CCOCC1. The highest BCUT2D eigenvalue weighted by atomic mass is 35.5. The summed E-state index contributed by atoms with van der Waals surface area (Å²) in [7, 11) is 0. The van der Waals surface area contributed by atoms with E-state index in [0.29, 0.717) is 11.6 Å². The maximum absolute atomic E-state index is 6.23. The summed E-state index contributed by atoms with van der Waals surface area (Å²) in [4.78, 5) is 4.45. The van der Waals surface area contributed by atoms with Crippen molar-refractivity contribution in [1.29, 1.82) is 0 Å². The Labute approximate surface area is 123 Å². The molecule has 20 heavy (non-hydrogen) atoms. The third-order valence-corrected chi connectivity index (χ3v) is 4.29. The number of nitrogens with zero attached hydrogens (tertiary/aromatic N) is 1. The minimum Gasteiger partial charge on any atom is -0.381 e. The van der Waals surface area contributed by atoms with Crippen molar-refractivity contribution in [3.8, 4) is 0 Å². The first kappa shape index (κ1) is 13.6. The number of hydrogen-bond acceptors (Lipinski definition) is 4. The molecule has 0 radical (unpaired) electrons. The number of halogens is 1. The summed E-state index contributed by atoms with van der Waals surface area (Å²) in [6.07, 6.45) is 3.59. The molecule has 0 saturated carbocycles. The molecule has 0 bridgehead atoms. The van der Waals surface area contributed by atoms with Gasteiger partial charge >= 0.3 is 0 Å². The van der Waals surface area contributed by atoms with Crippen LogP contribution in [0.25, 0.3) is 10.9 Å². The molecule has 0 aliphatic carbocycles. The first-order valence-electron chi connectivity index (χ1n) is 6.83. The summed E-state index contributed by atoms with van der Waals surface area (Å²) in [5, 5.41) is 5.26. The highest BCUT2D eigenvalue weighted by molar-refractivity contribution is 6.35. The van der Waals surface area contributed by atoms with Gasteiger partial charge in [0.1, 0.15) is 0 Å². The molecule has 2 aromatic rings. The van der Waals surface area contributed by atoms with Crippen LogP contribution in [0, 0.1) is 0 Å². The molecule has 106 valence electrons. The Hall–Kier alpha value is -1.36. The van der Waals surface area contributed by atoms with Crippen molar-refractivity contribution in [3.63, 3.8) is 0 Å². The zero-order valence-corrected chi connectivity index (χ0v) is 12.0. The van der Waals surface area contributed by atoms with Crippen molar-refractivity contribution < 1.29 is 4.74 Å². The van der Waals surface area contributed by atoms with Crippen LogP contribution in [0.5, 0.6) is 0 Å². The largest absolute Gasteiger partial charge is 0.381 e. The lowest BCUT2D eigenvalue weighted by Gasteiger charge is -2.38. The van der Waals surface area contributed by atoms with Gasteiger partial charge in [-0.25, -0.2) is 0 Å². The number of ether oxygens (including phenoxy) is 1. The van der Waals surface area contributed by atoms with E-state index in [9.17, 15) is 0 Å². The highest BCUT2D eigenvalue weighted by Crippen LogP contribution is 2.32. The molecule has 1 aliphatic heterocycles. The van der Waals surface area contributed by atoms with Crippen molar-refractivity contribution in [2.45, 2.75) is 18.4 Å². The number of nitrogens with two attached hydrogens (primary N) is 1. The topological polar surface area (TPSA) is 60.2 Å². The van der Waals surface area contributed by atoms with Gasteiger partial charge in [-0.2, -0.15) is 0 Å². The maximum Gasteiger partial charge on any atom is 0.0948 e. The highest BCUT2D eigenvalue weighted by Gasteiger charge is 2.31. The summed E-state index contributed by atoms with van der Waals surface area (Å²) in [6.45, 7) is 2.06. The Bertz CT molecular complexity index is 611. The second-order valence-electron chi connectivity index (χ2n) is 5.22. The number of pyridine rings is 1. The molecule has 0 atom stereocenters. The quantitative estimate of drug-likeness (QED) is 0.913. The number of benzene rings is 1. The Morgan fingerprint density at radius 1 is 1.30 bits per heavy atom. The number of rotatable bonds is 3. The van der Waals surface area contributed by atoms with E-state index in [4.69, 9.17) is 22.1 Å². The number of hydrogen-bond donors (Lipinski definition) is 2. The van der Waals surface area contributed by atoms with Crippen LogP contribution in [0.3, 0.4) is 0 Å². The van der Waals surface area contributed by atoms with Gasteiger partial charge in [0.2, 0.25) is 0 Å². The lowest BCUT2D eigenvalue weighted by molar-refractivity contribution is 0.0628. The van der Waals surface area contributed by atoms with E-state index in [-0.39, 0.29) is 5.54 Å². The molecule has 1 aromatic heterocycles. The summed E-state index contributed by atoms with van der Waals surface area (Å²) in [6, 6.07) is 7.75. The van der Waals surface area contributed by atoms with Crippen LogP contribution in [0.4, 0.5) is 5.69 Å². The molecule has 1 fully saturated rings. The minimum atomic E-state index is -0.115. The normalized spacial score (nSPS) is 18.1. The zero-order chi connectivity index (χ0) is 14.0. The van der Waals surface area contributed by atoms with E-state index >= 15 is 0 Å². The molecule has 3 rings (SSSR count). The fraction of sp³-hybridized carbons (Fsp3) is 0.400. The van der Waals surface area contributed by atoms with E-state index in [1.165, 1.54) is 0 Å². The van der Waals surface area contributed by atoms with Gasteiger partial charge in [0.05, 0.1) is 21.8 Å². The van der Waals surface area contributed by atoms with Crippen LogP contribution in [-0.4, -0.2) is 30.3 Å². The molecule has 0 amide bonds. The monoisotopic (exact) mass is 291 g/mol. The predicted molar refractivity (Wildman–Crippen MR) is 82.2 cm³/mol. The van der Waals surface area contributed by atoms with Crippen molar-refractivity contribution in [1.82, 2.24) is 4.98 Å². The molecule has 4 nitrogen and oxygen atoms in total. The van der Waals surface area contributed by atoms with Gasteiger partial charge in [0.25, 0.3) is 0 Å². The van der Waals surface area contributed by atoms with Crippen molar-refractivity contribution in [2.24, 2.45) is 5.73 Å². The van der Waals surface area contributed by atoms with Gasteiger partial charge in [-0.15, -0.1) is 0 Å². The van der Waals surface area contributed by atoms with Gasteiger partial charge in [-0.1, -0.05) is 11.6 Å². The standard InChI is InChI=1S/C15H18ClN3O/c16-12-3-4-13(14-11(12)2-1-7-18-14)19-15(10-17)5-8-20-9-6-15/h1-4,7,19H,5-6,8-10,17H2. The molecule has 5 heteroatoms. The number of nitrogens with one attached hydrogen (secondary N) is 1. The van der Waals surface area contributed by atoms with Gasteiger partial charge in [-0.3, -0.25) is 4.98 Å². The molecule has 0 spiro atoms. The van der Waals surface area contributed by atoms with Gasteiger partial charge < -0.3 is 15.8 Å². The van der Waals surface area contributed by atoms with Crippen molar-refractivity contribution in [3.05, 3.63) is 35.5 Å². The van der Waals surface area contributed by atoms with E-state index in [2.05, 4.69) is 10.3 Å². The summed E-state index contributed by atoms with van der Waals surface area (Å²) in [5.74, 6) is 0. The van der Waals surface area contributed by atoms with Crippen LogP contribution >= 0.6 is 11.6 Å². The third kappa shape index (κ3) is 2.46. The Morgan fingerprint density at radius 2 is 2.10 bits per heavy atom.